The molecule has 0 unspecified atom stereocenters. The molecule has 0 fully saturated rings. The van der Waals surface area contributed by atoms with Crippen LogP contribution < -0.4 is 0 Å². The van der Waals surface area contributed by atoms with Crippen LogP contribution in [0.4, 0.5) is 52.7 Å². The zero-order valence-electron chi connectivity index (χ0n) is 18.5. The zero-order valence-corrected chi connectivity index (χ0v) is 20.1. The van der Waals surface area contributed by atoms with Gasteiger partial charge in [0.05, 0.1) is 4.90 Å². The molecule has 214 valence electrons. The minimum Gasteiger partial charge on any atom is -0.207 e. The Bertz CT molecular complexity index is 1380. The predicted molar refractivity (Wildman–Crippen MR) is 112 cm³/mol. The summed E-state index contributed by atoms with van der Waals surface area (Å²) in [7, 11) is -12.6. The van der Waals surface area contributed by atoms with Crippen molar-refractivity contribution in [2.75, 3.05) is 0 Å². The van der Waals surface area contributed by atoms with Crippen LogP contribution in [0.3, 0.4) is 0 Å². The van der Waals surface area contributed by atoms with Gasteiger partial charge in [0.2, 0.25) is 0 Å². The smallest absolute Gasteiger partial charge is 0.207 e. The van der Waals surface area contributed by atoms with E-state index in [0.717, 1.165) is 48.5 Å². The van der Waals surface area contributed by atoms with Crippen LogP contribution in [0.5, 0.6) is 0 Å². The molecule has 3 aromatic carbocycles. The Morgan fingerprint density at radius 2 is 0.974 bits per heavy atom. The second kappa shape index (κ2) is 9.92. The molecule has 0 aliphatic rings. The molecule has 0 radical (unpaired) electrons. The number of alkyl halides is 9. The molecule has 0 amide bonds. The van der Waals surface area contributed by atoms with Crippen molar-refractivity contribution in [3.63, 3.8) is 0 Å². The van der Waals surface area contributed by atoms with Crippen molar-refractivity contribution in [1.82, 2.24) is 0 Å². The molecular weight excluding hydrogens is 604 g/mol. The minimum atomic E-state index is -7.68. The van der Waals surface area contributed by atoms with E-state index in [4.69, 9.17) is 0 Å². The molecule has 3 nitrogen and oxygen atoms in total. The fourth-order valence-electron chi connectivity index (χ4n) is 3.21. The van der Waals surface area contributed by atoms with Gasteiger partial charge in [-0.15, -0.1) is 0 Å². The highest BCUT2D eigenvalue weighted by Gasteiger charge is 2.86. The summed E-state index contributed by atoms with van der Waals surface area (Å²) < 4.78 is 196. The lowest BCUT2D eigenvalue weighted by molar-refractivity contribution is -0.382. The van der Waals surface area contributed by atoms with Gasteiger partial charge >= 0.3 is 33.4 Å². The number of rotatable bonds is 8. The Hall–Kier alpha value is -2.92. The van der Waals surface area contributed by atoms with Gasteiger partial charge in [-0.2, -0.15) is 47.9 Å². The van der Waals surface area contributed by atoms with E-state index in [1.807, 2.05) is 0 Å². The molecule has 0 aliphatic heterocycles. The van der Waals surface area contributed by atoms with Crippen molar-refractivity contribution in [2.45, 2.75) is 38.0 Å². The molecule has 0 bridgehead atoms. The highest BCUT2D eigenvalue weighted by atomic mass is 32.3. The topological polar surface area (TPSA) is 43.4 Å². The maximum Gasteiger partial charge on any atom is 0.460 e. The molecule has 39 heavy (non-hydrogen) atoms. The second-order valence-corrected chi connectivity index (χ2v) is 12.0. The summed E-state index contributed by atoms with van der Waals surface area (Å²) in [5, 5.41) is -7.34. The van der Waals surface area contributed by atoms with Gasteiger partial charge in [-0.3, -0.25) is 0 Å². The average molecular weight is 616 g/mol. The van der Waals surface area contributed by atoms with Crippen LogP contribution >= 0.6 is 10.3 Å². The first kappa shape index (κ1) is 30.6. The first-order valence-corrected chi connectivity index (χ1v) is 12.9. The summed E-state index contributed by atoms with van der Waals surface area (Å²) in [6.07, 6.45) is -7.37. The fourth-order valence-corrected chi connectivity index (χ4v) is 8.46. The summed E-state index contributed by atoms with van der Waals surface area (Å²) in [5.74, 6) is -20.9. The van der Waals surface area contributed by atoms with E-state index in [0.29, 0.717) is 0 Å². The van der Waals surface area contributed by atoms with Crippen LogP contribution in [0.25, 0.3) is 0 Å². The molecular formula is C22H12F12O3S2. The summed E-state index contributed by atoms with van der Waals surface area (Å²) >= 11 is 0. The molecule has 0 saturated heterocycles. The monoisotopic (exact) mass is 616 g/mol. The highest BCUT2D eigenvalue weighted by Crippen LogP contribution is 2.72. The lowest BCUT2D eigenvalue weighted by atomic mass is 10.1. The molecule has 0 heterocycles. The molecule has 0 aliphatic carbocycles. The number of hydrogen-bond donors (Lipinski definition) is 0. The van der Waals surface area contributed by atoms with E-state index < -0.39 is 75.8 Å². The fraction of sp³-hybridized carbons (Fsp3) is 0.182. The molecule has 0 N–H and O–H groups in total. The quantitative estimate of drug-likeness (QED) is 0.241. The lowest BCUT2D eigenvalue weighted by Gasteiger charge is -2.41. The van der Waals surface area contributed by atoms with Crippen LogP contribution in [-0.4, -0.2) is 31.7 Å². The molecule has 3 aromatic rings. The molecule has 0 saturated carbocycles. The summed E-state index contributed by atoms with van der Waals surface area (Å²) in [5.41, 5.74) is 0. The molecule has 0 atom stereocenters. The first-order valence-electron chi connectivity index (χ1n) is 9.98. The molecule has 0 aromatic heterocycles. The summed E-state index contributed by atoms with van der Waals surface area (Å²) in [6, 6.07) is 9.79. The second-order valence-electron chi connectivity index (χ2n) is 7.57. The van der Waals surface area contributed by atoms with E-state index in [1.54, 1.807) is 0 Å². The maximum atomic E-state index is 15.1. The van der Waals surface area contributed by atoms with Crippen LogP contribution in [0, 0.1) is 17.5 Å². The summed E-state index contributed by atoms with van der Waals surface area (Å²) in [4.78, 5) is -3.08. The molecule has 0 spiro atoms. The Morgan fingerprint density at radius 1 is 0.590 bits per heavy atom. The largest absolute Gasteiger partial charge is 0.460 e. The lowest BCUT2D eigenvalue weighted by Crippen LogP contribution is -2.63. The SMILES string of the molecule is O=S(=O)(OS(c1ccccc1)(c1ccccc1)c1c(F)cc(F)cc1F)C(F)(F)C(F)(F)C(F)(F)C(F)(F)F. The third-order valence-corrected chi connectivity index (χ3v) is 10.3. The van der Waals surface area contributed by atoms with Crippen molar-refractivity contribution in [1.29, 1.82) is 0 Å². The van der Waals surface area contributed by atoms with E-state index in [9.17, 15) is 52.3 Å². The van der Waals surface area contributed by atoms with Crippen LogP contribution in [0.15, 0.2) is 87.5 Å². The van der Waals surface area contributed by atoms with E-state index in [2.05, 4.69) is 3.63 Å². The average Bonchev–Trinajstić information content (AvgIpc) is 2.82. The third kappa shape index (κ3) is 4.84. The van der Waals surface area contributed by atoms with E-state index in [1.165, 1.54) is 12.1 Å². The maximum absolute atomic E-state index is 15.1. The standard InChI is InChI=1S/C22H12F12O3S2/c23-13-11-16(24)18(17(25)12-13)38(14-7-3-1-4-8-14,15-9-5-2-6-10-15)37-39(35,36)22(33,34)20(28,29)19(26,27)21(30,31)32/h1-12H. The van der Waals surface area contributed by atoms with Crippen molar-refractivity contribution < 1.29 is 64.7 Å². The van der Waals surface area contributed by atoms with Gasteiger partial charge in [-0.05, 0) is 34.6 Å². The Balaban J connectivity index is 2.44. The van der Waals surface area contributed by atoms with Gasteiger partial charge in [-0.1, -0.05) is 36.4 Å². The van der Waals surface area contributed by atoms with Gasteiger partial charge in [0, 0.05) is 21.9 Å². The minimum absolute atomic E-state index is 0.0490. The number of hydrogen-bond acceptors (Lipinski definition) is 3. The normalized spacial score (nSPS) is 14.4. The van der Waals surface area contributed by atoms with Crippen LogP contribution in [0.1, 0.15) is 0 Å². The van der Waals surface area contributed by atoms with Gasteiger partial charge in [0.15, 0.2) is 0 Å². The van der Waals surface area contributed by atoms with E-state index in [-0.39, 0.29) is 12.1 Å². The Morgan fingerprint density at radius 3 is 1.33 bits per heavy atom. The summed E-state index contributed by atoms with van der Waals surface area (Å²) in [6.45, 7) is 0. The molecule has 3 rings (SSSR count). The van der Waals surface area contributed by atoms with E-state index >= 15 is 8.78 Å². The molecule has 17 heteroatoms. The van der Waals surface area contributed by atoms with Gasteiger partial charge in [0.25, 0.3) is 0 Å². The third-order valence-electron chi connectivity index (χ3n) is 5.02. The van der Waals surface area contributed by atoms with Crippen molar-refractivity contribution in [2.24, 2.45) is 0 Å². The number of halogens is 12. The van der Waals surface area contributed by atoms with Gasteiger partial charge < -0.3 is 0 Å². The Kier molecular flexibility index (Phi) is 7.79. The number of benzene rings is 3. The van der Waals surface area contributed by atoms with Crippen molar-refractivity contribution >= 4 is 20.4 Å². The van der Waals surface area contributed by atoms with Crippen molar-refractivity contribution in [3.8, 4) is 0 Å². The highest BCUT2D eigenvalue weighted by molar-refractivity contribution is 8.33. The van der Waals surface area contributed by atoms with Crippen molar-refractivity contribution in [3.05, 3.63) is 90.2 Å². The first-order chi connectivity index (χ1) is 17.7. The predicted octanol–water partition coefficient (Wildman–Crippen LogP) is 8.07. The zero-order chi connectivity index (χ0) is 29.7. The van der Waals surface area contributed by atoms with Gasteiger partial charge in [-0.25, -0.2) is 16.8 Å². The Labute approximate surface area is 213 Å². The van der Waals surface area contributed by atoms with Crippen LogP contribution in [-0.2, 0) is 13.7 Å². The van der Waals surface area contributed by atoms with Crippen LogP contribution in [0.2, 0.25) is 0 Å². The van der Waals surface area contributed by atoms with Gasteiger partial charge in [0.1, 0.15) is 17.5 Å².